The van der Waals surface area contributed by atoms with E-state index in [1.54, 1.807) is 11.8 Å². The molecular weight excluding hydrogens is 555 g/mol. The Hall–Kier alpha value is -3.08. The molecule has 1 atom stereocenters. The standard InChI is InChI=1S/C34H36N2O3S2.Li/c1-24-9-7-8-12-29(24)31-21-26(13-18-30(31)33(37)35-32(34(38)39)19-20-40-2)23-36(22-25-10-5-4-6-11-25)27-14-16-28(41-3)17-15-27;/h4-18,21,32H,19-20,22-23H2,1-3H3,(H,35,37)(H,38,39);/q;+1/p-1/t32-;/m0./s1. The first-order valence-corrected chi connectivity index (χ1v) is 16.1. The first-order chi connectivity index (χ1) is 19.9. The third-order valence-corrected chi connectivity index (χ3v) is 8.38. The van der Waals surface area contributed by atoms with E-state index in [4.69, 9.17) is 0 Å². The van der Waals surface area contributed by atoms with E-state index in [0.29, 0.717) is 24.3 Å². The minimum Gasteiger partial charge on any atom is -0.548 e. The van der Waals surface area contributed by atoms with E-state index in [9.17, 15) is 14.7 Å². The summed E-state index contributed by atoms with van der Waals surface area (Å²) < 4.78 is 0. The Labute approximate surface area is 269 Å². The van der Waals surface area contributed by atoms with Gasteiger partial charge in [0.25, 0.3) is 5.91 Å². The molecule has 0 bridgehead atoms. The van der Waals surface area contributed by atoms with Crippen molar-refractivity contribution in [3.63, 3.8) is 0 Å². The van der Waals surface area contributed by atoms with Crippen molar-refractivity contribution in [1.29, 1.82) is 0 Å². The number of rotatable bonds is 13. The van der Waals surface area contributed by atoms with Crippen molar-refractivity contribution < 1.29 is 33.6 Å². The summed E-state index contributed by atoms with van der Waals surface area (Å²) in [6.45, 7) is 3.37. The van der Waals surface area contributed by atoms with Crippen molar-refractivity contribution in [2.75, 3.05) is 23.2 Å². The fraction of sp³-hybridized carbons (Fsp3) is 0.235. The zero-order valence-electron chi connectivity index (χ0n) is 24.6. The normalized spacial score (nSPS) is 11.3. The molecule has 4 aromatic carbocycles. The monoisotopic (exact) mass is 590 g/mol. The maximum atomic E-state index is 13.5. The quantitative estimate of drug-likeness (QED) is 0.191. The van der Waals surface area contributed by atoms with E-state index >= 15 is 0 Å². The van der Waals surface area contributed by atoms with Crippen LogP contribution in [0.3, 0.4) is 0 Å². The molecule has 0 aliphatic heterocycles. The summed E-state index contributed by atoms with van der Waals surface area (Å²) in [4.78, 5) is 28.7. The van der Waals surface area contributed by atoms with Gasteiger partial charge in [0.05, 0.1) is 12.0 Å². The van der Waals surface area contributed by atoms with Crippen molar-refractivity contribution in [2.45, 2.75) is 37.4 Å². The van der Waals surface area contributed by atoms with Crippen LogP contribution in [0.2, 0.25) is 0 Å². The van der Waals surface area contributed by atoms with Crippen LogP contribution in [0, 0.1) is 6.92 Å². The number of thioether (sulfide) groups is 2. The number of aliphatic carboxylic acids is 1. The Morgan fingerprint density at radius 1 is 0.833 bits per heavy atom. The van der Waals surface area contributed by atoms with Gasteiger partial charge in [-0.15, -0.1) is 11.8 Å². The molecule has 0 radical (unpaired) electrons. The molecule has 0 saturated heterocycles. The number of anilines is 1. The SMILES string of the molecule is CSCC[C@H](NC(=O)c1ccc(CN(Cc2ccccc2)c2ccc(SC)cc2)cc1-c1ccccc1C)C(=O)[O-].[Li+]. The van der Waals surface area contributed by atoms with Crippen molar-refractivity contribution >= 4 is 41.1 Å². The number of amides is 1. The Morgan fingerprint density at radius 2 is 1.50 bits per heavy atom. The predicted molar refractivity (Wildman–Crippen MR) is 170 cm³/mol. The van der Waals surface area contributed by atoms with Crippen LogP contribution in [0.25, 0.3) is 11.1 Å². The van der Waals surface area contributed by atoms with Crippen molar-refractivity contribution in [3.8, 4) is 11.1 Å². The van der Waals surface area contributed by atoms with Gasteiger partial charge >= 0.3 is 18.9 Å². The van der Waals surface area contributed by atoms with Crippen LogP contribution in [0.1, 0.15) is 33.5 Å². The molecule has 0 fully saturated rings. The summed E-state index contributed by atoms with van der Waals surface area (Å²) in [5, 5.41) is 14.4. The third kappa shape index (κ3) is 8.96. The van der Waals surface area contributed by atoms with Crippen molar-refractivity contribution in [1.82, 2.24) is 5.32 Å². The average Bonchev–Trinajstić information content (AvgIpc) is 2.99. The molecule has 0 aliphatic rings. The summed E-state index contributed by atoms with van der Waals surface area (Å²) in [6, 6.07) is 31.6. The van der Waals surface area contributed by atoms with Gasteiger partial charge in [-0.25, -0.2) is 0 Å². The molecule has 0 unspecified atom stereocenters. The molecule has 0 spiro atoms. The number of carbonyl (C=O) groups is 2. The molecule has 42 heavy (non-hydrogen) atoms. The summed E-state index contributed by atoms with van der Waals surface area (Å²) in [6.07, 6.45) is 4.28. The van der Waals surface area contributed by atoms with E-state index in [-0.39, 0.29) is 18.9 Å². The number of nitrogens with one attached hydrogen (secondary N) is 1. The maximum absolute atomic E-state index is 13.5. The van der Waals surface area contributed by atoms with Gasteiger partial charge < -0.3 is 20.1 Å². The molecule has 0 saturated carbocycles. The van der Waals surface area contributed by atoms with Crippen LogP contribution in [-0.2, 0) is 17.9 Å². The number of benzene rings is 4. The molecule has 0 aromatic heterocycles. The van der Waals surface area contributed by atoms with Crippen LogP contribution in [0.15, 0.2) is 102 Å². The van der Waals surface area contributed by atoms with Crippen LogP contribution >= 0.6 is 23.5 Å². The number of carboxylic acids is 1. The molecular formula is C34H35LiN2O3S2. The van der Waals surface area contributed by atoms with Gasteiger partial charge in [0, 0.05) is 29.2 Å². The molecule has 8 heteroatoms. The Morgan fingerprint density at radius 3 is 2.14 bits per heavy atom. The topological polar surface area (TPSA) is 72.5 Å². The first kappa shape index (κ1) is 33.4. The molecule has 1 N–H and O–H groups in total. The van der Waals surface area contributed by atoms with Gasteiger partial charge in [-0.05, 0) is 95.8 Å². The second-order valence-corrected chi connectivity index (χ2v) is 11.7. The summed E-state index contributed by atoms with van der Waals surface area (Å²) in [5.74, 6) is -1.08. The van der Waals surface area contributed by atoms with E-state index in [1.165, 1.54) is 22.2 Å². The van der Waals surface area contributed by atoms with Gasteiger partial charge in [0.1, 0.15) is 0 Å². The van der Waals surface area contributed by atoms with Crippen LogP contribution in [-0.4, -0.2) is 36.2 Å². The zero-order valence-corrected chi connectivity index (χ0v) is 26.3. The van der Waals surface area contributed by atoms with E-state index in [0.717, 1.165) is 34.5 Å². The van der Waals surface area contributed by atoms with E-state index < -0.39 is 17.9 Å². The van der Waals surface area contributed by atoms with Gasteiger partial charge in [0.2, 0.25) is 0 Å². The van der Waals surface area contributed by atoms with Gasteiger partial charge in [-0.2, -0.15) is 11.8 Å². The van der Waals surface area contributed by atoms with Crippen molar-refractivity contribution in [2.24, 2.45) is 0 Å². The molecule has 212 valence electrons. The maximum Gasteiger partial charge on any atom is 1.00 e. The Bertz CT molecular complexity index is 1470. The fourth-order valence-electron chi connectivity index (χ4n) is 4.76. The number of carbonyl (C=O) groups excluding carboxylic acids is 2. The third-order valence-electron chi connectivity index (χ3n) is 6.99. The largest absolute Gasteiger partial charge is 1.00 e. The minimum absolute atomic E-state index is 0. The molecule has 4 rings (SSSR count). The summed E-state index contributed by atoms with van der Waals surface area (Å²) >= 11 is 3.25. The number of carboxylic acid groups (broad SMARTS) is 1. The van der Waals surface area contributed by atoms with Crippen LogP contribution in [0.4, 0.5) is 5.69 Å². The molecule has 0 aliphatic carbocycles. The van der Waals surface area contributed by atoms with Crippen molar-refractivity contribution in [3.05, 3.63) is 119 Å². The Kier molecular flexibility index (Phi) is 13.2. The van der Waals surface area contributed by atoms with E-state index in [1.807, 2.05) is 67.8 Å². The number of nitrogens with zero attached hydrogens (tertiary/aromatic N) is 1. The molecule has 1 amide bonds. The molecule has 5 nitrogen and oxygen atoms in total. The van der Waals surface area contributed by atoms with E-state index in [2.05, 4.69) is 58.9 Å². The molecule has 4 aromatic rings. The van der Waals surface area contributed by atoms with Gasteiger partial charge in [-0.3, -0.25) is 4.79 Å². The molecule has 0 heterocycles. The zero-order chi connectivity index (χ0) is 29.2. The van der Waals surface area contributed by atoms with Gasteiger partial charge in [-0.1, -0.05) is 60.7 Å². The van der Waals surface area contributed by atoms with Gasteiger partial charge in [0.15, 0.2) is 0 Å². The minimum atomic E-state index is -1.27. The Balaban J connectivity index is 0.00000484. The number of hydrogen-bond acceptors (Lipinski definition) is 6. The number of aryl methyl sites for hydroxylation is 1. The van der Waals surface area contributed by atoms with Crippen LogP contribution < -0.4 is 34.2 Å². The second-order valence-electron chi connectivity index (χ2n) is 9.86. The smallest absolute Gasteiger partial charge is 0.548 e. The first-order valence-electron chi connectivity index (χ1n) is 13.5. The summed E-state index contributed by atoms with van der Waals surface area (Å²) in [7, 11) is 0. The average molecular weight is 591 g/mol. The number of hydrogen-bond donors (Lipinski definition) is 1. The summed E-state index contributed by atoms with van der Waals surface area (Å²) in [5.41, 5.74) is 6.55. The van der Waals surface area contributed by atoms with Crippen LogP contribution in [0.5, 0.6) is 0 Å². The fourth-order valence-corrected chi connectivity index (χ4v) is 5.64. The second kappa shape index (κ2) is 16.5. The predicted octanol–water partition coefficient (Wildman–Crippen LogP) is 3.20.